The van der Waals surface area contributed by atoms with E-state index in [1.165, 1.54) is 17.2 Å². The number of aliphatic hydroxyl groups is 1. The molecule has 7 nitrogen and oxygen atoms in total. The van der Waals surface area contributed by atoms with Gasteiger partial charge in [-0.15, -0.1) is 0 Å². The predicted octanol–water partition coefficient (Wildman–Crippen LogP) is 0.311. The number of β-amino-alcohol motifs (C(OH)–C–C–N with tert-alkyl or cyclic N) is 1. The first-order chi connectivity index (χ1) is 9.84. The number of carbonyl (C=O) groups is 1. The van der Waals surface area contributed by atoms with Crippen LogP contribution in [0.1, 0.15) is 19.8 Å². The second kappa shape index (κ2) is 5.98. The molecule has 21 heavy (non-hydrogen) atoms. The lowest BCUT2D eigenvalue weighted by molar-refractivity contribution is 0.134. The van der Waals surface area contributed by atoms with Crippen molar-refractivity contribution < 1.29 is 18.3 Å². The molecule has 0 aromatic carbocycles. The molecule has 2 heterocycles. The summed E-state index contributed by atoms with van der Waals surface area (Å²) < 4.78 is 25.1. The summed E-state index contributed by atoms with van der Waals surface area (Å²) in [5.41, 5.74) is 5.26. The highest BCUT2D eigenvalue weighted by molar-refractivity contribution is 7.94. The second-order valence-electron chi connectivity index (χ2n) is 5.03. The Bertz CT molecular complexity index is 605. The van der Waals surface area contributed by atoms with E-state index in [0.29, 0.717) is 6.42 Å². The molecule has 0 spiro atoms. The Morgan fingerprint density at radius 3 is 2.76 bits per heavy atom. The number of nitrogens with zero attached hydrogens (tertiary/aromatic N) is 2. The zero-order valence-corrected chi connectivity index (χ0v) is 12.5. The number of nitrogens with two attached hydrogens (primary N) is 1. The molecule has 1 saturated heterocycles. The molecule has 1 radical (unpaired) electrons. The number of pyridine rings is 1. The smallest absolute Gasteiger partial charge is 0.315 e. The summed E-state index contributed by atoms with van der Waals surface area (Å²) in [5, 5.41) is 10.1. The Balaban J connectivity index is 2.30. The summed E-state index contributed by atoms with van der Waals surface area (Å²) >= 11 is 0. The number of likely N-dealkylation sites (tertiary alicyclic amines) is 1. The fourth-order valence-electron chi connectivity index (χ4n) is 2.40. The Morgan fingerprint density at radius 2 is 2.19 bits per heavy atom. The van der Waals surface area contributed by atoms with Gasteiger partial charge in [0.2, 0.25) is 9.84 Å². The quantitative estimate of drug-likeness (QED) is 0.816. The Hall–Kier alpha value is -1.67. The van der Waals surface area contributed by atoms with Crippen LogP contribution in [0.25, 0.3) is 0 Å². The van der Waals surface area contributed by atoms with Crippen LogP contribution in [0.4, 0.5) is 4.79 Å². The van der Waals surface area contributed by atoms with Crippen LogP contribution in [-0.2, 0) is 9.84 Å². The maximum atomic E-state index is 12.5. The molecule has 0 bridgehead atoms. The van der Waals surface area contributed by atoms with E-state index in [0.717, 1.165) is 0 Å². The van der Waals surface area contributed by atoms with E-state index >= 15 is 0 Å². The maximum Gasteiger partial charge on any atom is 0.315 e. The molecule has 0 aliphatic carbocycles. The number of hydrogen-bond acceptors (Lipinski definition) is 5. The van der Waals surface area contributed by atoms with Crippen molar-refractivity contribution >= 4 is 15.9 Å². The van der Waals surface area contributed by atoms with Crippen LogP contribution in [0, 0.1) is 5.25 Å². The van der Waals surface area contributed by atoms with Gasteiger partial charge in [0.1, 0.15) is 5.25 Å². The van der Waals surface area contributed by atoms with E-state index in [9.17, 15) is 18.3 Å². The highest BCUT2D eigenvalue weighted by atomic mass is 32.2. The molecule has 1 aromatic rings. The summed E-state index contributed by atoms with van der Waals surface area (Å²) in [6.45, 7) is 1.64. The van der Waals surface area contributed by atoms with E-state index in [-0.39, 0.29) is 29.3 Å². The number of aromatic nitrogens is 1. The van der Waals surface area contributed by atoms with E-state index in [1.54, 1.807) is 19.1 Å². The van der Waals surface area contributed by atoms with Gasteiger partial charge in [-0.05, 0) is 31.9 Å². The van der Waals surface area contributed by atoms with Crippen LogP contribution in [0.3, 0.4) is 0 Å². The van der Waals surface area contributed by atoms with Crippen LogP contribution in [0.5, 0.6) is 0 Å². The zero-order chi connectivity index (χ0) is 15.6. The number of aliphatic hydroxyl groups excluding tert-OH is 1. The molecule has 0 unspecified atom stereocenters. The standard InChI is InChI=1S/C13H18N3O4S/c1-9-5-6-11(10(17)8-16(9)13(14)18)21(19,20)12-4-2-3-7-15-12/h2-4,7,9-10,17H,5-6,8H2,1H3,(H2,14,18)/t9-,10+/m1/s1. The minimum atomic E-state index is -3.83. The van der Waals surface area contributed by atoms with Crippen molar-refractivity contribution in [2.75, 3.05) is 6.54 Å². The highest BCUT2D eigenvalue weighted by Gasteiger charge is 2.40. The molecule has 1 aromatic heterocycles. The minimum Gasteiger partial charge on any atom is -0.390 e. The predicted molar refractivity (Wildman–Crippen MR) is 75.7 cm³/mol. The fourth-order valence-corrected chi connectivity index (χ4v) is 3.95. The van der Waals surface area contributed by atoms with Gasteiger partial charge >= 0.3 is 6.03 Å². The lowest BCUT2D eigenvalue weighted by Gasteiger charge is -2.26. The SMILES string of the molecule is C[C@@H]1CC[C](S(=O)(=O)c2ccccn2)[C@@H](O)CN1C(N)=O. The topological polar surface area (TPSA) is 114 Å². The third-order valence-corrected chi connectivity index (χ3v) is 5.58. The summed E-state index contributed by atoms with van der Waals surface area (Å²) in [7, 11) is -3.83. The number of carbonyl (C=O) groups excluding carboxylic acids is 1. The van der Waals surface area contributed by atoms with E-state index < -0.39 is 22.0 Å². The summed E-state index contributed by atoms with van der Waals surface area (Å²) in [4.78, 5) is 16.5. The van der Waals surface area contributed by atoms with Gasteiger partial charge in [0, 0.05) is 12.2 Å². The summed E-state index contributed by atoms with van der Waals surface area (Å²) in [6.07, 6.45) is 0.704. The lowest BCUT2D eigenvalue weighted by Crippen LogP contribution is -2.45. The molecular formula is C13H18N3O4S. The van der Waals surface area contributed by atoms with Crippen molar-refractivity contribution in [1.82, 2.24) is 9.88 Å². The molecular weight excluding hydrogens is 294 g/mol. The molecule has 0 saturated carbocycles. The van der Waals surface area contributed by atoms with Gasteiger partial charge in [0.15, 0.2) is 5.03 Å². The molecule has 1 aliphatic heterocycles. The van der Waals surface area contributed by atoms with Crippen molar-refractivity contribution in [3.05, 3.63) is 29.6 Å². The van der Waals surface area contributed by atoms with Crippen molar-refractivity contribution in [3.63, 3.8) is 0 Å². The lowest BCUT2D eigenvalue weighted by atomic mass is 10.1. The van der Waals surface area contributed by atoms with E-state index in [1.807, 2.05) is 0 Å². The molecule has 2 rings (SSSR count). The van der Waals surface area contributed by atoms with Gasteiger partial charge in [-0.3, -0.25) is 0 Å². The molecule has 115 valence electrons. The normalized spacial score (nSPS) is 24.6. The molecule has 1 fully saturated rings. The number of primary amides is 1. The van der Waals surface area contributed by atoms with Crippen LogP contribution < -0.4 is 5.73 Å². The van der Waals surface area contributed by atoms with Crippen LogP contribution >= 0.6 is 0 Å². The fraction of sp³-hybridized carbons (Fsp3) is 0.462. The average molecular weight is 312 g/mol. The number of rotatable bonds is 2. The summed E-state index contributed by atoms with van der Waals surface area (Å²) in [5.74, 6) is 0. The number of amides is 2. The van der Waals surface area contributed by atoms with Crippen LogP contribution in [0.2, 0.25) is 0 Å². The monoisotopic (exact) mass is 312 g/mol. The first kappa shape index (κ1) is 15.7. The Labute approximate surface area is 123 Å². The second-order valence-corrected chi connectivity index (χ2v) is 6.98. The van der Waals surface area contributed by atoms with E-state index in [2.05, 4.69) is 4.98 Å². The molecule has 2 atom stereocenters. The van der Waals surface area contributed by atoms with Crippen LogP contribution in [0.15, 0.2) is 29.4 Å². The van der Waals surface area contributed by atoms with Crippen molar-refractivity contribution in [2.45, 2.75) is 36.9 Å². The molecule has 3 N–H and O–H groups in total. The Kier molecular flexibility index (Phi) is 4.48. The number of hydrogen-bond donors (Lipinski definition) is 2. The van der Waals surface area contributed by atoms with Gasteiger partial charge in [-0.2, -0.15) is 0 Å². The van der Waals surface area contributed by atoms with Crippen LogP contribution in [-0.4, -0.2) is 48.1 Å². The third-order valence-electron chi connectivity index (χ3n) is 3.62. The average Bonchev–Trinajstić information content (AvgIpc) is 2.59. The largest absolute Gasteiger partial charge is 0.390 e. The molecule has 8 heteroatoms. The van der Waals surface area contributed by atoms with Crippen molar-refractivity contribution in [2.24, 2.45) is 5.73 Å². The third kappa shape index (κ3) is 3.16. The minimum absolute atomic E-state index is 0.0169. The maximum absolute atomic E-state index is 12.5. The van der Waals surface area contributed by atoms with Crippen molar-refractivity contribution in [3.8, 4) is 0 Å². The highest BCUT2D eigenvalue weighted by Crippen LogP contribution is 2.31. The van der Waals surface area contributed by atoms with Gasteiger partial charge in [-0.25, -0.2) is 18.2 Å². The van der Waals surface area contributed by atoms with Gasteiger partial charge in [-0.1, -0.05) is 6.07 Å². The van der Waals surface area contributed by atoms with Gasteiger partial charge in [0.25, 0.3) is 0 Å². The van der Waals surface area contributed by atoms with Crippen molar-refractivity contribution in [1.29, 1.82) is 0 Å². The van der Waals surface area contributed by atoms with Gasteiger partial charge < -0.3 is 15.7 Å². The van der Waals surface area contributed by atoms with Gasteiger partial charge in [0.05, 0.1) is 12.6 Å². The molecule has 1 aliphatic rings. The number of urea groups is 1. The molecule has 2 amide bonds. The Morgan fingerprint density at radius 1 is 1.48 bits per heavy atom. The number of sulfone groups is 1. The van der Waals surface area contributed by atoms with E-state index in [4.69, 9.17) is 5.73 Å². The first-order valence-corrected chi connectivity index (χ1v) is 8.08. The summed E-state index contributed by atoms with van der Waals surface area (Å²) in [6, 6.07) is 3.67. The zero-order valence-electron chi connectivity index (χ0n) is 11.6. The first-order valence-electron chi connectivity index (χ1n) is 6.60.